The van der Waals surface area contributed by atoms with Crippen LogP contribution >= 0.6 is 0 Å². The number of benzene rings is 1. The van der Waals surface area contributed by atoms with E-state index in [1.54, 1.807) is 0 Å². The molecule has 1 aliphatic heterocycles. The first-order valence-electron chi connectivity index (χ1n) is 5.77. The summed E-state index contributed by atoms with van der Waals surface area (Å²) in [6.45, 7) is 3.24. The Labute approximate surface area is 94.5 Å². The van der Waals surface area contributed by atoms with E-state index in [-0.39, 0.29) is 0 Å². The zero-order chi connectivity index (χ0) is 11.1. The maximum absolute atomic E-state index is 5.84. The van der Waals surface area contributed by atoms with E-state index >= 15 is 0 Å². The molecule has 2 aromatic rings. The highest BCUT2D eigenvalue weighted by atomic mass is 15.2. The monoisotopic (exact) mass is 216 g/mol. The Kier molecular flexibility index (Phi) is 2.02. The molecule has 3 rings (SSSR count). The first-order chi connectivity index (χ1) is 7.75. The van der Waals surface area contributed by atoms with Gasteiger partial charge in [-0.2, -0.15) is 0 Å². The number of nitrogen functional groups attached to an aromatic ring is 1. The van der Waals surface area contributed by atoms with Crippen molar-refractivity contribution in [2.75, 3.05) is 17.6 Å². The Morgan fingerprint density at radius 2 is 2.38 bits per heavy atom. The van der Waals surface area contributed by atoms with Crippen LogP contribution in [0.5, 0.6) is 0 Å². The van der Waals surface area contributed by atoms with Crippen LogP contribution in [0.15, 0.2) is 18.2 Å². The fraction of sp³-hybridized carbons (Fsp3) is 0.417. The van der Waals surface area contributed by atoms with Crippen molar-refractivity contribution in [3.63, 3.8) is 0 Å². The van der Waals surface area contributed by atoms with Gasteiger partial charge in [0.2, 0.25) is 5.95 Å². The van der Waals surface area contributed by atoms with Gasteiger partial charge in [0, 0.05) is 18.3 Å². The van der Waals surface area contributed by atoms with Crippen LogP contribution in [0.1, 0.15) is 25.8 Å². The molecule has 2 heterocycles. The Bertz CT molecular complexity index is 529. The van der Waals surface area contributed by atoms with Gasteiger partial charge in [-0.15, -0.1) is 0 Å². The third kappa shape index (κ3) is 1.33. The molecule has 0 saturated carbocycles. The number of rotatable bonds is 0. The van der Waals surface area contributed by atoms with Gasteiger partial charge in [-0.05, 0) is 38.0 Å². The molecule has 16 heavy (non-hydrogen) atoms. The molecule has 0 spiro atoms. The molecule has 0 radical (unpaired) electrons. The average molecular weight is 216 g/mol. The van der Waals surface area contributed by atoms with Crippen LogP contribution in [-0.4, -0.2) is 16.1 Å². The number of imidazole rings is 1. The highest BCUT2D eigenvalue weighted by molar-refractivity contribution is 5.82. The third-order valence-corrected chi connectivity index (χ3v) is 3.24. The zero-order valence-electron chi connectivity index (χ0n) is 9.40. The molecule has 1 unspecified atom stereocenters. The van der Waals surface area contributed by atoms with Gasteiger partial charge in [-0.1, -0.05) is 0 Å². The van der Waals surface area contributed by atoms with E-state index in [4.69, 9.17) is 5.73 Å². The predicted molar refractivity (Wildman–Crippen MR) is 66.6 cm³/mol. The van der Waals surface area contributed by atoms with Gasteiger partial charge in [0.25, 0.3) is 0 Å². The minimum Gasteiger partial charge on any atom is -0.399 e. The van der Waals surface area contributed by atoms with Gasteiger partial charge < -0.3 is 15.6 Å². The minimum atomic E-state index is 0.483. The van der Waals surface area contributed by atoms with Gasteiger partial charge in [0.1, 0.15) is 0 Å². The van der Waals surface area contributed by atoms with Crippen LogP contribution < -0.4 is 11.1 Å². The topological polar surface area (TPSA) is 55.9 Å². The molecular formula is C12H16N4. The summed E-state index contributed by atoms with van der Waals surface area (Å²) in [4.78, 5) is 4.60. The summed E-state index contributed by atoms with van der Waals surface area (Å²) in [5, 5.41) is 3.38. The lowest BCUT2D eigenvalue weighted by Gasteiger charge is -2.13. The van der Waals surface area contributed by atoms with Crippen molar-refractivity contribution in [1.29, 1.82) is 0 Å². The SMILES string of the molecule is CC1CCCNc2nc3ccc(N)cc3n21. The van der Waals surface area contributed by atoms with E-state index < -0.39 is 0 Å². The summed E-state index contributed by atoms with van der Waals surface area (Å²) in [6.07, 6.45) is 2.37. The predicted octanol–water partition coefficient (Wildman–Crippen LogP) is 2.39. The summed E-state index contributed by atoms with van der Waals surface area (Å²) >= 11 is 0. The molecule has 1 aromatic heterocycles. The Morgan fingerprint density at radius 1 is 1.50 bits per heavy atom. The van der Waals surface area contributed by atoms with Crippen molar-refractivity contribution >= 4 is 22.7 Å². The molecule has 0 aliphatic carbocycles. The van der Waals surface area contributed by atoms with E-state index in [0.29, 0.717) is 6.04 Å². The second-order valence-electron chi connectivity index (χ2n) is 4.47. The minimum absolute atomic E-state index is 0.483. The van der Waals surface area contributed by atoms with E-state index in [1.807, 2.05) is 18.2 Å². The number of nitrogens with zero attached hydrogens (tertiary/aromatic N) is 2. The van der Waals surface area contributed by atoms with Crippen LogP contribution in [0.25, 0.3) is 11.0 Å². The number of nitrogens with one attached hydrogen (secondary N) is 1. The number of nitrogens with two attached hydrogens (primary N) is 1. The molecule has 84 valence electrons. The van der Waals surface area contributed by atoms with Crippen molar-refractivity contribution < 1.29 is 0 Å². The molecule has 0 fully saturated rings. The van der Waals surface area contributed by atoms with E-state index in [0.717, 1.165) is 29.2 Å². The summed E-state index contributed by atoms with van der Waals surface area (Å²) in [5.41, 5.74) is 8.79. The number of hydrogen-bond acceptors (Lipinski definition) is 3. The fourth-order valence-corrected chi connectivity index (χ4v) is 2.41. The number of aromatic nitrogens is 2. The van der Waals surface area contributed by atoms with Crippen LogP contribution in [-0.2, 0) is 0 Å². The lowest BCUT2D eigenvalue weighted by Crippen LogP contribution is -2.05. The maximum Gasteiger partial charge on any atom is 0.204 e. The summed E-state index contributed by atoms with van der Waals surface area (Å²) < 4.78 is 2.26. The van der Waals surface area contributed by atoms with E-state index in [1.165, 1.54) is 12.8 Å². The number of fused-ring (bicyclic) bond motifs is 3. The van der Waals surface area contributed by atoms with Gasteiger partial charge in [0.05, 0.1) is 11.0 Å². The Hall–Kier alpha value is -1.71. The lowest BCUT2D eigenvalue weighted by atomic mass is 10.2. The molecule has 4 nitrogen and oxygen atoms in total. The molecule has 0 bridgehead atoms. The van der Waals surface area contributed by atoms with E-state index in [9.17, 15) is 0 Å². The van der Waals surface area contributed by atoms with Crippen LogP contribution in [0.2, 0.25) is 0 Å². The van der Waals surface area contributed by atoms with Crippen molar-refractivity contribution in [3.8, 4) is 0 Å². The molecule has 0 saturated heterocycles. The number of anilines is 2. The Morgan fingerprint density at radius 3 is 3.25 bits per heavy atom. The molecule has 3 N–H and O–H groups in total. The van der Waals surface area contributed by atoms with Crippen molar-refractivity contribution in [1.82, 2.24) is 9.55 Å². The summed E-state index contributed by atoms with van der Waals surface area (Å²) in [6, 6.07) is 6.38. The Balaban J connectivity index is 2.28. The average Bonchev–Trinajstić information content (AvgIpc) is 2.51. The molecule has 0 amide bonds. The zero-order valence-corrected chi connectivity index (χ0v) is 9.40. The van der Waals surface area contributed by atoms with Gasteiger partial charge in [0.15, 0.2) is 0 Å². The highest BCUT2D eigenvalue weighted by Crippen LogP contribution is 2.29. The van der Waals surface area contributed by atoms with Gasteiger partial charge in [-0.3, -0.25) is 0 Å². The lowest BCUT2D eigenvalue weighted by molar-refractivity contribution is 0.530. The largest absolute Gasteiger partial charge is 0.399 e. The fourth-order valence-electron chi connectivity index (χ4n) is 2.41. The summed E-state index contributed by atoms with van der Waals surface area (Å²) in [7, 11) is 0. The van der Waals surface area contributed by atoms with E-state index in [2.05, 4.69) is 21.8 Å². The standard InChI is InChI=1S/C12H16N4/c1-8-3-2-6-14-12-15-10-5-4-9(13)7-11(10)16(8)12/h4-5,7-8H,2-3,6,13H2,1H3,(H,14,15). The van der Waals surface area contributed by atoms with Crippen molar-refractivity contribution in [3.05, 3.63) is 18.2 Å². The first-order valence-corrected chi connectivity index (χ1v) is 5.77. The van der Waals surface area contributed by atoms with Crippen LogP contribution in [0.3, 0.4) is 0 Å². The van der Waals surface area contributed by atoms with Gasteiger partial charge in [-0.25, -0.2) is 4.98 Å². The van der Waals surface area contributed by atoms with Crippen molar-refractivity contribution in [2.45, 2.75) is 25.8 Å². The van der Waals surface area contributed by atoms with Crippen LogP contribution in [0.4, 0.5) is 11.6 Å². The molecule has 1 aromatic carbocycles. The second-order valence-corrected chi connectivity index (χ2v) is 4.47. The van der Waals surface area contributed by atoms with Gasteiger partial charge >= 0.3 is 0 Å². The molecule has 1 atom stereocenters. The molecule has 1 aliphatic rings. The van der Waals surface area contributed by atoms with Crippen LogP contribution in [0, 0.1) is 0 Å². The van der Waals surface area contributed by atoms with Crippen molar-refractivity contribution in [2.24, 2.45) is 0 Å². The second kappa shape index (κ2) is 3.40. The quantitative estimate of drug-likeness (QED) is 0.665. The normalized spacial score (nSPS) is 20.2. The highest BCUT2D eigenvalue weighted by Gasteiger charge is 2.18. The first kappa shape index (κ1) is 9.51. The third-order valence-electron chi connectivity index (χ3n) is 3.24. The number of hydrogen-bond donors (Lipinski definition) is 2. The molecule has 4 heteroatoms. The summed E-state index contributed by atoms with van der Waals surface area (Å²) in [5.74, 6) is 0.977. The molecular weight excluding hydrogens is 200 g/mol. The maximum atomic E-state index is 5.84. The smallest absolute Gasteiger partial charge is 0.204 e.